The smallest absolute Gasteiger partial charge is 0.416 e. The van der Waals surface area contributed by atoms with Crippen LogP contribution in [0.3, 0.4) is 0 Å². The van der Waals surface area contributed by atoms with Crippen molar-refractivity contribution in [2.24, 2.45) is 0 Å². The molecular formula is C26H23F4N3O2. The van der Waals surface area contributed by atoms with Gasteiger partial charge in [-0.3, -0.25) is 4.90 Å². The zero-order valence-electron chi connectivity index (χ0n) is 19.3. The van der Waals surface area contributed by atoms with Gasteiger partial charge in [0.2, 0.25) is 0 Å². The lowest BCUT2D eigenvalue weighted by molar-refractivity contribution is -0.137. The zero-order chi connectivity index (χ0) is 25.4. The largest absolute Gasteiger partial charge is 0.443 e. The zero-order valence-corrected chi connectivity index (χ0v) is 19.3. The van der Waals surface area contributed by atoms with Crippen LogP contribution in [0.1, 0.15) is 31.9 Å². The van der Waals surface area contributed by atoms with E-state index in [1.807, 2.05) is 18.2 Å². The number of halogens is 4. The lowest BCUT2D eigenvalue weighted by atomic mass is 10.0. The lowest BCUT2D eigenvalue weighted by Crippen LogP contribution is -2.37. The van der Waals surface area contributed by atoms with Crippen molar-refractivity contribution < 1.29 is 27.1 Å². The van der Waals surface area contributed by atoms with Crippen molar-refractivity contribution in [3.05, 3.63) is 90.0 Å². The van der Waals surface area contributed by atoms with Gasteiger partial charge in [-0.1, -0.05) is 42.5 Å². The van der Waals surface area contributed by atoms with E-state index in [4.69, 9.17) is 4.74 Å². The molecule has 0 saturated carbocycles. The highest BCUT2D eigenvalue weighted by atomic mass is 19.4. The molecule has 0 aliphatic heterocycles. The highest BCUT2D eigenvalue weighted by Gasteiger charge is 2.31. The number of rotatable bonds is 4. The molecular weight excluding hydrogens is 462 g/mol. The SMILES string of the molecule is CC(C)(C)OC(=O)N(Cc1ccccc1)c1ccn2ncc(-c3ccc(C(F)(F)F)cc3)c2c1F. The molecule has 0 fully saturated rings. The summed E-state index contributed by atoms with van der Waals surface area (Å²) in [7, 11) is 0. The van der Waals surface area contributed by atoms with Crippen LogP contribution in [0.5, 0.6) is 0 Å². The summed E-state index contributed by atoms with van der Waals surface area (Å²) in [4.78, 5) is 14.3. The Morgan fingerprint density at radius 3 is 2.26 bits per heavy atom. The van der Waals surface area contributed by atoms with E-state index in [1.165, 1.54) is 40.0 Å². The van der Waals surface area contributed by atoms with Crippen LogP contribution in [0, 0.1) is 5.82 Å². The van der Waals surface area contributed by atoms with E-state index in [9.17, 15) is 18.0 Å². The van der Waals surface area contributed by atoms with Crippen LogP contribution in [0.4, 0.5) is 28.0 Å². The lowest BCUT2D eigenvalue weighted by Gasteiger charge is -2.28. The number of amides is 1. The maximum Gasteiger partial charge on any atom is 0.416 e. The molecule has 0 spiro atoms. The van der Waals surface area contributed by atoms with Gasteiger partial charge in [-0.2, -0.15) is 18.3 Å². The highest BCUT2D eigenvalue weighted by molar-refractivity contribution is 5.91. The third-order valence-corrected chi connectivity index (χ3v) is 5.21. The minimum absolute atomic E-state index is 0.0314. The number of hydrogen-bond acceptors (Lipinski definition) is 3. The molecule has 2 aromatic carbocycles. The summed E-state index contributed by atoms with van der Waals surface area (Å²) in [6, 6.07) is 14.9. The molecule has 0 bridgehead atoms. The van der Waals surface area contributed by atoms with Crippen molar-refractivity contribution in [3.63, 3.8) is 0 Å². The van der Waals surface area contributed by atoms with Gasteiger partial charge < -0.3 is 4.74 Å². The summed E-state index contributed by atoms with van der Waals surface area (Å²) in [6.07, 6.45) is -2.35. The highest BCUT2D eigenvalue weighted by Crippen LogP contribution is 2.35. The molecule has 1 amide bonds. The van der Waals surface area contributed by atoms with Crippen molar-refractivity contribution in [1.29, 1.82) is 0 Å². The second-order valence-corrected chi connectivity index (χ2v) is 8.99. The molecule has 0 radical (unpaired) electrons. The number of alkyl halides is 3. The minimum atomic E-state index is -4.48. The molecule has 0 aliphatic rings. The molecule has 0 N–H and O–H groups in total. The molecule has 35 heavy (non-hydrogen) atoms. The summed E-state index contributed by atoms with van der Waals surface area (Å²) in [5, 5.41) is 4.14. The van der Waals surface area contributed by atoms with E-state index in [0.29, 0.717) is 11.1 Å². The van der Waals surface area contributed by atoms with Crippen LogP contribution in [0.25, 0.3) is 16.6 Å². The number of nitrogens with zero attached hydrogens (tertiary/aromatic N) is 3. The Bertz CT molecular complexity index is 1340. The number of hydrogen-bond donors (Lipinski definition) is 0. The molecule has 4 aromatic rings. The van der Waals surface area contributed by atoms with Crippen molar-refractivity contribution in [3.8, 4) is 11.1 Å². The van der Waals surface area contributed by atoms with Crippen LogP contribution in [-0.4, -0.2) is 21.3 Å². The van der Waals surface area contributed by atoms with Gasteiger partial charge in [-0.15, -0.1) is 0 Å². The first kappa shape index (κ1) is 24.3. The molecule has 0 unspecified atom stereocenters. The van der Waals surface area contributed by atoms with Gasteiger partial charge in [0.15, 0.2) is 5.82 Å². The Kier molecular flexibility index (Phi) is 6.27. The minimum Gasteiger partial charge on any atom is -0.443 e. The summed E-state index contributed by atoms with van der Waals surface area (Å²) in [6.45, 7) is 5.19. The van der Waals surface area contributed by atoms with Gasteiger partial charge in [-0.05, 0) is 50.1 Å². The van der Waals surface area contributed by atoms with Gasteiger partial charge in [0.25, 0.3) is 0 Å². The first-order valence-electron chi connectivity index (χ1n) is 10.8. The number of ether oxygens (including phenoxy) is 1. The summed E-state index contributed by atoms with van der Waals surface area (Å²) >= 11 is 0. The standard InChI is InChI=1S/C26H23F4N3O2/c1-25(2,3)35-24(34)32(16-17-7-5-4-6-8-17)21-13-14-33-23(22(21)27)20(15-31-33)18-9-11-19(12-10-18)26(28,29)30/h4-15H,16H2,1-3H3. The summed E-state index contributed by atoms with van der Waals surface area (Å²) in [5.74, 6) is -0.748. The topological polar surface area (TPSA) is 46.8 Å². The average molecular weight is 485 g/mol. The van der Waals surface area contributed by atoms with Crippen LogP contribution in [0.2, 0.25) is 0 Å². The fourth-order valence-corrected chi connectivity index (χ4v) is 3.62. The molecule has 182 valence electrons. The number of carbonyl (C=O) groups is 1. The summed E-state index contributed by atoms with van der Waals surface area (Å²) in [5.41, 5.74) is -0.216. The van der Waals surface area contributed by atoms with E-state index >= 15 is 4.39 Å². The van der Waals surface area contributed by atoms with Crippen LogP contribution in [-0.2, 0) is 17.5 Å². The molecule has 5 nitrogen and oxygen atoms in total. The molecule has 2 heterocycles. The second kappa shape index (κ2) is 9.05. The first-order valence-corrected chi connectivity index (χ1v) is 10.8. The fraction of sp³-hybridized carbons (Fsp3) is 0.231. The second-order valence-electron chi connectivity index (χ2n) is 8.99. The van der Waals surface area contributed by atoms with E-state index in [2.05, 4.69) is 5.10 Å². The molecule has 4 rings (SSSR count). The number of pyridine rings is 1. The van der Waals surface area contributed by atoms with Crippen LogP contribution in [0.15, 0.2) is 73.1 Å². The summed E-state index contributed by atoms with van der Waals surface area (Å²) < 4.78 is 61.7. The third kappa shape index (κ3) is 5.29. The molecule has 9 heteroatoms. The van der Waals surface area contributed by atoms with Gasteiger partial charge in [0.05, 0.1) is 24.0 Å². The van der Waals surface area contributed by atoms with E-state index in [1.54, 1.807) is 32.9 Å². The monoisotopic (exact) mass is 485 g/mol. The van der Waals surface area contributed by atoms with Crippen molar-refractivity contribution in [2.45, 2.75) is 39.1 Å². The van der Waals surface area contributed by atoms with E-state index in [0.717, 1.165) is 17.7 Å². The maximum atomic E-state index is 16.0. The van der Waals surface area contributed by atoms with Crippen molar-refractivity contribution in [2.75, 3.05) is 4.90 Å². The Balaban J connectivity index is 1.80. The first-order chi connectivity index (χ1) is 16.4. The number of aromatic nitrogens is 2. The normalized spacial score (nSPS) is 12.1. The van der Waals surface area contributed by atoms with Gasteiger partial charge in [0, 0.05) is 11.8 Å². The molecule has 0 aliphatic carbocycles. The van der Waals surface area contributed by atoms with Gasteiger partial charge in [0.1, 0.15) is 11.1 Å². The number of carbonyl (C=O) groups excluding carboxylic acids is 1. The quantitative estimate of drug-likeness (QED) is 0.290. The third-order valence-electron chi connectivity index (χ3n) is 5.21. The number of fused-ring (bicyclic) bond motifs is 1. The average Bonchev–Trinajstić information content (AvgIpc) is 3.22. The molecule has 0 atom stereocenters. The predicted octanol–water partition coefficient (Wildman–Crippen LogP) is 7.10. The van der Waals surface area contributed by atoms with Crippen LogP contribution < -0.4 is 4.90 Å². The Morgan fingerprint density at radius 1 is 1.00 bits per heavy atom. The van der Waals surface area contributed by atoms with Crippen molar-refractivity contribution >= 4 is 17.3 Å². The van der Waals surface area contributed by atoms with Gasteiger partial charge in [-0.25, -0.2) is 13.7 Å². The van der Waals surface area contributed by atoms with E-state index in [-0.39, 0.29) is 17.7 Å². The number of benzene rings is 2. The molecule has 2 aromatic heterocycles. The fourth-order valence-electron chi connectivity index (χ4n) is 3.62. The maximum absolute atomic E-state index is 16.0. The molecule has 0 saturated heterocycles. The van der Waals surface area contributed by atoms with E-state index < -0.39 is 29.3 Å². The number of anilines is 1. The Labute approximate surface area is 199 Å². The van der Waals surface area contributed by atoms with Crippen LogP contribution >= 0.6 is 0 Å². The Morgan fingerprint density at radius 2 is 1.66 bits per heavy atom. The van der Waals surface area contributed by atoms with Crippen molar-refractivity contribution in [1.82, 2.24) is 9.61 Å². The van der Waals surface area contributed by atoms with Gasteiger partial charge >= 0.3 is 12.3 Å². The predicted molar refractivity (Wildman–Crippen MR) is 124 cm³/mol. The Hall–Kier alpha value is -3.88.